The molecular formula is C12H19ClFN3. The molecule has 1 aliphatic heterocycles. The van der Waals surface area contributed by atoms with Gasteiger partial charge in [-0.2, -0.15) is 5.10 Å². The Hall–Kier alpha value is -0.610. The van der Waals surface area contributed by atoms with E-state index in [0.29, 0.717) is 24.4 Å². The maximum Gasteiger partial charge on any atom is 0.130 e. The van der Waals surface area contributed by atoms with E-state index in [4.69, 9.17) is 11.6 Å². The van der Waals surface area contributed by atoms with Crippen LogP contribution in [-0.4, -0.2) is 28.5 Å². The van der Waals surface area contributed by atoms with Crippen LogP contribution in [-0.2, 0) is 19.4 Å². The standard InChI is InChI=1S/C12H19ClFN3/c1-3-9-11(13)10(17(4-2)16-9)7-12(14)5-6-15-8-12/h15H,3-8H2,1-2H3. The van der Waals surface area contributed by atoms with Crippen LogP contribution >= 0.6 is 11.6 Å². The molecule has 0 amide bonds. The Labute approximate surface area is 106 Å². The maximum atomic E-state index is 14.4. The highest BCUT2D eigenvalue weighted by Crippen LogP contribution is 2.30. The van der Waals surface area contributed by atoms with Gasteiger partial charge in [0.25, 0.3) is 0 Å². The fraction of sp³-hybridized carbons (Fsp3) is 0.750. The van der Waals surface area contributed by atoms with Crippen molar-refractivity contribution < 1.29 is 4.39 Å². The summed E-state index contributed by atoms with van der Waals surface area (Å²) in [5, 5.41) is 8.13. The largest absolute Gasteiger partial charge is 0.313 e. The van der Waals surface area contributed by atoms with Crippen LogP contribution in [0.3, 0.4) is 0 Å². The minimum atomic E-state index is -1.17. The van der Waals surface area contributed by atoms with E-state index in [1.807, 2.05) is 18.5 Å². The molecule has 1 aliphatic rings. The van der Waals surface area contributed by atoms with Gasteiger partial charge in [-0.25, -0.2) is 4.39 Å². The third-order valence-corrected chi connectivity index (χ3v) is 3.81. The molecule has 1 saturated heterocycles. The van der Waals surface area contributed by atoms with E-state index in [2.05, 4.69) is 10.4 Å². The predicted molar refractivity (Wildman–Crippen MR) is 67.3 cm³/mol. The summed E-state index contributed by atoms with van der Waals surface area (Å²) < 4.78 is 16.3. The van der Waals surface area contributed by atoms with Crippen molar-refractivity contribution in [1.82, 2.24) is 15.1 Å². The average molecular weight is 260 g/mol. The Morgan fingerprint density at radius 3 is 2.82 bits per heavy atom. The Bertz CT molecular complexity index is 397. The highest BCUT2D eigenvalue weighted by molar-refractivity contribution is 6.31. The molecule has 0 spiro atoms. The van der Waals surface area contributed by atoms with Crippen molar-refractivity contribution in [2.75, 3.05) is 13.1 Å². The molecule has 1 aromatic heterocycles. The lowest BCUT2D eigenvalue weighted by molar-refractivity contribution is 0.186. The molecule has 0 bridgehead atoms. The fourth-order valence-electron chi connectivity index (χ4n) is 2.35. The summed E-state index contributed by atoms with van der Waals surface area (Å²) in [5.41, 5.74) is 0.553. The van der Waals surface area contributed by atoms with Crippen LogP contribution < -0.4 is 5.32 Å². The van der Waals surface area contributed by atoms with Crippen molar-refractivity contribution in [3.63, 3.8) is 0 Å². The molecule has 2 heterocycles. The topological polar surface area (TPSA) is 29.9 Å². The first kappa shape index (κ1) is 12.8. The lowest BCUT2D eigenvalue weighted by Crippen LogP contribution is -2.30. The van der Waals surface area contributed by atoms with Gasteiger partial charge in [0, 0.05) is 19.5 Å². The summed E-state index contributed by atoms with van der Waals surface area (Å²) in [6.07, 6.45) is 1.70. The van der Waals surface area contributed by atoms with E-state index in [0.717, 1.165) is 30.9 Å². The van der Waals surface area contributed by atoms with Crippen LogP contribution in [0.1, 0.15) is 31.7 Å². The van der Waals surface area contributed by atoms with Gasteiger partial charge in [-0.1, -0.05) is 18.5 Å². The number of nitrogens with one attached hydrogen (secondary N) is 1. The second-order valence-corrected chi connectivity index (χ2v) is 5.01. The summed E-state index contributed by atoms with van der Waals surface area (Å²) >= 11 is 6.28. The summed E-state index contributed by atoms with van der Waals surface area (Å²) in [4.78, 5) is 0. The number of nitrogens with zero attached hydrogens (tertiary/aromatic N) is 2. The number of hydrogen-bond donors (Lipinski definition) is 1. The lowest BCUT2D eigenvalue weighted by atomic mass is 9.98. The molecule has 0 aromatic carbocycles. The molecule has 1 N–H and O–H groups in total. The van der Waals surface area contributed by atoms with Crippen molar-refractivity contribution in [1.29, 1.82) is 0 Å². The first-order valence-electron chi connectivity index (χ1n) is 6.23. The molecule has 2 rings (SSSR count). The smallest absolute Gasteiger partial charge is 0.130 e. The van der Waals surface area contributed by atoms with E-state index in [1.54, 1.807) is 0 Å². The minimum absolute atomic E-state index is 0.361. The number of aryl methyl sites for hydroxylation is 2. The molecule has 17 heavy (non-hydrogen) atoms. The monoisotopic (exact) mass is 259 g/mol. The van der Waals surface area contributed by atoms with E-state index in [-0.39, 0.29) is 0 Å². The minimum Gasteiger partial charge on any atom is -0.313 e. The van der Waals surface area contributed by atoms with Gasteiger partial charge in [0.05, 0.1) is 16.4 Å². The van der Waals surface area contributed by atoms with Crippen LogP contribution in [0.2, 0.25) is 5.02 Å². The van der Waals surface area contributed by atoms with Crippen LogP contribution in [0.4, 0.5) is 4.39 Å². The van der Waals surface area contributed by atoms with E-state index in [1.165, 1.54) is 0 Å². The SMILES string of the molecule is CCc1nn(CC)c(CC2(F)CCNC2)c1Cl. The quantitative estimate of drug-likeness (QED) is 0.900. The summed E-state index contributed by atoms with van der Waals surface area (Å²) in [6.45, 7) is 5.91. The number of halogens is 2. The Kier molecular flexibility index (Phi) is 3.73. The normalized spacial score (nSPS) is 24.5. The Morgan fingerprint density at radius 2 is 2.29 bits per heavy atom. The van der Waals surface area contributed by atoms with Crippen molar-refractivity contribution in [2.24, 2.45) is 0 Å². The second-order valence-electron chi connectivity index (χ2n) is 4.63. The zero-order valence-electron chi connectivity index (χ0n) is 10.4. The third kappa shape index (κ3) is 2.47. The average Bonchev–Trinajstić information content (AvgIpc) is 2.86. The first-order valence-corrected chi connectivity index (χ1v) is 6.61. The van der Waals surface area contributed by atoms with E-state index in [9.17, 15) is 4.39 Å². The molecule has 1 aromatic rings. The lowest BCUT2D eigenvalue weighted by Gasteiger charge is -2.18. The number of hydrogen-bond acceptors (Lipinski definition) is 2. The molecular weight excluding hydrogens is 241 g/mol. The molecule has 3 nitrogen and oxygen atoms in total. The molecule has 96 valence electrons. The first-order chi connectivity index (χ1) is 8.09. The van der Waals surface area contributed by atoms with Crippen molar-refractivity contribution in [3.05, 3.63) is 16.4 Å². The molecule has 1 fully saturated rings. The van der Waals surface area contributed by atoms with Crippen LogP contribution in [0, 0.1) is 0 Å². The van der Waals surface area contributed by atoms with Crippen molar-refractivity contribution >= 4 is 11.6 Å². The Balaban J connectivity index is 2.27. The van der Waals surface area contributed by atoms with Crippen molar-refractivity contribution in [2.45, 2.75) is 45.3 Å². The summed E-state index contributed by atoms with van der Waals surface area (Å²) in [7, 11) is 0. The van der Waals surface area contributed by atoms with Crippen LogP contribution in [0.25, 0.3) is 0 Å². The molecule has 1 unspecified atom stereocenters. The summed E-state index contributed by atoms with van der Waals surface area (Å²) in [5.74, 6) is 0. The van der Waals surface area contributed by atoms with E-state index >= 15 is 0 Å². The van der Waals surface area contributed by atoms with Gasteiger partial charge in [0.1, 0.15) is 5.67 Å². The Morgan fingerprint density at radius 1 is 1.53 bits per heavy atom. The highest BCUT2D eigenvalue weighted by Gasteiger charge is 2.36. The van der Waals surface area contributed by atoms with E-state index < -0.39 is 5.67 Å². The van der Waals surface area contributed by atoms with Gasteiger partial charge in [0.2, 0.25) is 0 Å². The number of aromatic nitrogens is 2. The van der Waals surface area contributed by atoms with Gasteiger partial charge in [-0.15, -0.1) is 0 Å². The molecule has 0 saturated carbocycles. The third-order valence-electron chi connectivity index (χ3n) is 3.37. The predicted octanol–water partition coefficient (Wildman–Crippen LogP) is 2.36. The van der Waals surface area contributed by atoms with Gasteiger partial charge in [-0.05, 0) is 26.3 Å². The van der Waals surface area contributed by atoms with Gasteiger partial charge in [0.15, 0.2) is 0 Å². The fourth-order valence-corrected chi connectivity index (χ4v) is 2.69. The highest BCUT2D eigenvalue weighted by atomic mass is 35.5. The van der Waals surface area contributed by atoms with Crippen LogP contribution in [0.5, 0.6) is 0 Å². The van der Waals surface area contributed by atoms with Gasteiger partial charge >= 0.3 is 0 Å². The molecule has 0 aliphatic carbocycles. The maximum absolute atomic E-state index is 14.4. The molecule has 0 radical (unpaired) electrons. The summed E-state index contributed by atoms with van der Waals surface area (Å²) in [6, 6.07) is 0. The number of rotatable bonds is 4. The molecule has 5 heteroatoms. The van der Waals surface area contributed by atoms with Crippen LogP contribution in [0.15, 0.2) is 0 Å². The van der Waals surface area contributed by atoms with Crippen molar-refractivity contribution in [3.8, 4) is 0 Å². The molecule has 1 atom stereocenters. The zero-order valence-corrected chi connectivity index (χ0v) is 11.1. The van der Waals surface area contributed by atoms with Gasteiger partial charge < -0.3 is 5.32 Å². The second kappa shape index (κ2) is 4.94. The number of alkyl halides is 1. The zero-order chi connectivity index (χ0) is 12.5. The van der Waals surface area contributed by atoms with Gasteiger partial charge in [-0.3, -0.25) is 4.68 Å².